The Labute approximate surface area is 124 Å². The molecule has 2 rings (SSSR count). The van der Waals surface area contributed by atoms with Crippen molar-refractivity contribution in [2.45, 2.75) is 20.0 Å². The van der Waals surface area contributed by atoms with Crippen LogP contribution in [0.1, 0.15) is 12.6 Å². The van der Waals surface area contributed by atoms with E-state index in [0.29, 0.717) is 10.9 Å². The summed E-state index contributed by atoms with van der Waals surface area (Å²) >= 11 is 4.74. The number of ether oxygens (including phenoxy) is 1. The quantitative estimate of drug-likeness (QED) is 0.924. The molecule has 0 aliphatic rings. The highest BCUT2D eigenvalue weighted by Gasteiger charge is 2.16. The van der Waals surface area contributed by atoms with Crippen LogP contribution in [-0.4, -0.2) is 17.0 Å². The van der Waals surface area contributed by atoms with Gasteiger partial charge in [0.05, 0.1) is 5.69 Å². The van der Waals surface area contributed by atoms with E-state index in [1.807, 2.05) is 24.4 Å². The minimum atomic E-state index is -0.578. The summed E-state index contributed by atoms with van der Waals surface area (Å²) in [5, 5.41) is 5.20. The van der Waals surface area contributed by atoms with Crippen molar-refractivity contribution < 1.29 is 9.53 Å². The zero-order chi connectivity index (χ0) is 13.8. The monoisotopic (exact) mass is 340 g/mol. The largest absolute Gasteiger partial charge is 0.481 e. The molecule has 100 valence electrons. The van der Waals surface area contributed by atoms with Gasteiger partial charge in [-0.05, 0) is 38.1 Å². The second kappa shape index (κ2) is 6.16. The first-order chi connectivity index (χ1) is 9.04. The summed E-state index contributed by atoms with van der Waals surface area (Å²) in [6, 6.07) is 7.34. The van der Waals surface area contributed by atoms with E-state index < -0.39 is 6.10 Å². The summed E-state index contributed by atoms with van der Waals surface area (Å²) in [5.74, 6) is 0.443. The number of aromatic nitrogens is 1. The van der Waals surface area contributed by atoms with E-state index in [1.165, 1.54) is 11.3 Å². The molecule has 1 aromatic carbocycles. The predicted octanol–water partition coefficient (Wildman–Crippen LogP) is 3.62. The average Bonchev–Trinajstić information content (AvgIpc) is 2.77. The van der Waals surface area contributed by atoms with Crippen LogP contribution in [0.2, 0.25) is 0 Å². The van der Waals surface area contributed by atoms with Gasteiger partial charge >= 0.3 is 0 Å². The van der Waals surface area contributed by atoms with Crippen molar-refractivity contribution in [3.05, 3.63) is 39.8 Å². The highest BCUT2D eigenvalue weighted by atomic mass is 79.9. The van der Waals surface area contributed by atoms with Crippen LogP contribution in [-0.2, 0) is 4.79 Å². The van der Waals surface area contributed by atoms with Crippen molar-refractivity contribution in [1.29, 1.82) is 0 Å². The Balaban J connectivity index is 1.94. The van der Waals surface area contributed by atoms with Gasteiger partial charge in [-0.15, -0.1) is 11.3 Å². The normalized spacial score (nSPS) is 11.9. The lowest BCUT2D eigenvalue weighted by molar-refractivity contribution is -0.122. The molecule has 0 fully saturated rings. The summed E-state index contributed by atoms with van der Waals surface area (Å²) < 4.78 is 6.52. The van der Waals surface area contributed by atoms with Crippen molar-refractivity contribution in [1.82, 2.24) is 4.98 Å². The van der Waals surface area contributed by atoms with E-state index in [2.05, 4.69) is 26.2 Å². The Morgan fingerprint density at radius 2 is 2.11 bits per heavy atom. The average molecular weight is 341 g/mol. The number of halogens is 1. The number of thiazole rings is 1. The molecule has 1 N–H and O–H groups in total. The number of nitrogens with one attached hydrogen (secondary N) is 1. The summed E-state index contributed by atoms with van der Waals surface area (Å²) in [4.78, 5) is 16.1. The second-order valence-corrected chi connectivity index (χ2v) is 5.77. The van der Waals surface area contributed by atoms with Crippen LogP contribution >= 0.6 is 27.3 Å². The van der Waals surface area contributed by atoms with Crippen molar-refractivity contribution in [2.75, 3.05) is 5.32 Å². The molecule has 4 nitrogen and oxygen atoms in total. The van der Waals surface area contributed by atoms with Gasteiger partial charge in [-0.3, -0.25) is 10.1 Å². The maximum absolute atomic E-state index is 11.9. The fourth-order valence-corrected chi connectivity index (χ4v) is 2.34. The van der Waals surface area contributed by atoms with Crippen LogP contribution in [0.4, 0.5) is 5.13 Å². The third-order valence-corrected chi connectivity index (χ3v) is 3.75. The summed E-state index contributed by atoms with van der Waals surface area (Å²) in [5.41, 5.74) is 0.891. The zero-order valence-corrected chi connectivity index (χ0v) is 12.9. The zero-order valence-electron chi connectivity index (χ0n) is 10.5. The summed E-state index contributed by atoms with van der Waals surface area (Å²) in [6.45, 7) is 3.59. The van der Waals surface area contributed by atoms with Crippen LogP contribution in [0.15, 0.2) is 34.1 Å². The molecule has 6 heteroatoms. The van der Waals surface area contributed by atoms with Crippen molar-refractivity contribution in [3.63, 3.8) is 0 Å². The van der Waals surface area contributed by atoms with Gasteiger partial charge in [0.1, 0.15) is 5.75 Å². The number of hydrogen-bond acceptors (Lipinski definition) is 4. The molecule has 1 aromatic heterocycles. The van der Waals surface area contributed by atoms with Crippen LogP contribution in [0, 0.1) is 6.92 Å². The van der Waals surface area contributed by atoms with Crippen molar-refractivity contribution in [2.24, 2.45) is 0 Å². The molecule has 1 amide bonds. The van der Waals surface area contributed by atoms with Gasteiger partial charge in [-0.25, -0.2) is 4.98 Å². The lowest BCUT2D eigenvalue weighted by Gasteiger charge is -2.13. The van der Waals surface area contributed by atoms with Gasteiger partial charge in [-0.2, -0.15) is 0 Å². The molecule has 2 aromatic rings. The van der Waals surface area contributed by atoms with E-state index in [9.17, 15) is 4.79 Å². The number of benzene rings is 1. The molecule has 0 aliphatic carbocycles. The third-order valence-electron chi connectivity index (χ3n) is 2.34. The number of nitrogens with zero attached hydrogens (tertiary/aromatic N) is 1. The highest BCUT2D eigenvalue weighted by molar-refractivity contribution is 9.10. The molecule has 0 radical (unpaired) electrons. The number of carbonyl (C=O) groups excluding carboxylic acids is 1. The fourth-order valence-electron chi connectivity index (χ4n) is 1.39. The Kier molecular flexibility index (Phi) is 4.55. The van der Waals surface area contributed by atoms with E-state index in [1.54, 1.807) is 19.1 Å². The molecule has 19 heavy (non-hydrogen) atoms. The molecule has 0 bridgehead atoms. The van der Waals surface area contributed by atoms with E-state index >= 15 is 0 Å². The standard InChI is InChI=1S/C13H13BrN2O2S/c1-8-7-19-13(15-8)16-12(17)9(2)18-11-5-3-10(14)4-6-11/h3-7,9H,1-2H3,(H,15,16,17)/t9-/m0/s1. The van der Waals surface area contributed by atoms with Gasteiger partial charge in [0, 0.05) is 9.85 Å². The molecular formula is C13H13BrN2O2S. The molecule has 0 saturated heterocycles. The topological polar surface area (TPSA) is 51.2 Å². The van der Waals surface area contributed by atoms with Gasteiger partial charge < -0.3 is 4.74 Å². The van der Waals surface area contributed by atoms with E-state index in [0.717, 1.165) is 10.2 Å². The molecule has 0 unspecified atom stereocenters. The van der Waals surface area contributed by atoms with Crippen LogP contribution in [0.3, 0.4) is 0 Å². The third kappa shape index (κ3) is 4.04. The molecular weight excluding hydrogens is 328 g/mol. The molecule has 0 aliphatic heterocycles. The van der Waals surface area contributed by atoms with Gasteiger partial charge in [0.2, 0.25) is 0 Å². The smallest absolute Gasteiger partial charge is 0.266 e. The van der Waals surface area contributed by atoms with Gasteiger partial charge in [0.25, 0.3) is 5.91 Å². The predicted molar refractivity (Wildman–Crippen MR) is 79.7 cm³/mol. The lowest BCUT2D eigenvalue weighted by Crippen LogP contribution is -2.30. The number of carbonyl (C=O) groups is 1. The first-order valence-electron chi connectivity index (χ1n) is 5.70. The molecule has 1 atom stereocenters. The Bertz CT molecular complexity index is 568. The number of aryl methyl sites for hydroxylation is 1. The summed E-state index contributed by atoms with van der Waals surface area (Å²) in [6.07, 6.45) is -0.578. The van der Waals surface area contributed by atoms with Crippen LogP contribution < -0.4 is 10.1 Å². The first kappa shape index (κ1) is 14.0. The minimum Gasteiger partial charge on any atom is -0.481 e. The molecule has 0 spiro atoms. The lowest BCUT2D eigenvalue weighted by atomic mass is 10.3. The number of amides is 1. The highest BCUT2D eigenvalue weighted by Crippen LogP contribution is 2.18. The molecule has 1 heterocycles. The SMILES string of the molecule is Cc1csc(NC(=O)[C@H](C)Oc2ccc(Br)cc2)n1. The van der Waals surface area contributed by atoms with Gasteiger partial charge in [0.15, 0.2) is 11.2 Å². The van der Waals surface area contributed by atoms with Crippen molar-refractivity contribution >= 4 is 38.3 Å². The van der Waals surface area contributed by atoms with Crippen LogP contribution in [0.25, 0.3) is 0 Å². The van der Waals surface area contributed by atoms with E-state index in [-0.39, 0.29) is 5.91 Å². The molecule has 0 saturated carbocycles. The maximum atomic E-state index is 11.9. The van der Waals surface area contributed by atoms with Crippen LogP contribution in [0.5, 0.6) is 5.75 Å². The number of anilines is 1. The Morgan fingerprint density at radius 3 is 2.68 bits per heavy atom. The maximum Gasteiger partial charge on any atom is 0.266 e. The summed E-state index contributed by atoms with van der Waals surface area (Å²) in [7, 11) is 0. The van der Waals surface area contributed by atoms with Crippen molar-refractivity contribution in [3.8, 4) is 5.75 Å². The Morgan fingerprint density at radius 1 is 1.42 bits per heavy atom. The number of hydrogen-bond donors (Lipinski definition) is 1. The minimum absolute atomic E-state index is 0.211. The van der Waals surface area contributed by atoms with E-state index in [4.69, 9.17) is 4.74 Å². The van der Waals surface area contributed by atoms with Gasteiger partial charge in [-0.1, -0.05) is 15.9 Å². The second-order valence-electron chi connectivity index (χ2n) is 4.00. The first-order valence-corrected chi connectivity index (χ1v) is 7.37. The number of rotatable bonds is 4. The Hall–Kier alpha value is -1.40. The fraction of sp³-hybridized carbons (Fsp3) is 0.231.